The van der Waals surface area contributed by atoms with E-state index in [4.69, 9.17) is 5.73 Å². The molecule has 5 heteroatoms. The van der Waals surface area contributed by atoms with E-state index in [1.807, 2.05) is 19.9 Å². The number of aromatic nitrogens is 3. The first-order valence-corrected chi connectivity index (χ1v) is 4.87. The summed E-state index contributed by atoms with van der Waals surface area (Å²) in [5.74, 6) is -0.539. The van der Waals surface area contributed by atoms with E-state index in [-0.39, 0.29) is 5.69 Å². The van der Waals surface area contributed by atoms with Crippen molar-refractivity contribution in [1.29, 1.82) is 0 Å². The number of carbonyl (C=O) groups excluding carboxylic acids is 1. The smallest absolute Gasteiger partial charge is 0.267 e. The first kappa shape index (κ1) is 10.4. The van der Waals surface area contributed by atoms with Crippen LogP contribution in [0.5, 0.6) is 0 Å². The van der Waals surface area contributed by atoms with Crippen molar-refractivity contribution in [1.82, 2.24) is 14.8 Å². The van der Waals surface area contributed by atoms with E-state index >= 15 is 0 Å². The van der Waals surface area contributed by atoms with Crippen LogP contribution < -0.4 is 5.73 Å². The molecule has 16 heavy (non-hydrogen) atoms. The third-order valence-electron chi connectivity index (χ3n) is 2.25. The van der Waals surface area contributed by atoms with Crippen LogP contribution in [0.15, 0.2) is 24.4 Å². The number of nitrogens with two attached hydrogens (primary N) is 1. The summed E-state index contributed by atoms with van der Waals surface area (Å²) >= 11 is 0. The third-order valence-corrected chi connectivity index (χ3v) is 2.25. The fourth-order valence-electron chi connectivity index (χ4n) is 1.58. The molecule has 0 unspecified atom stereocenters. The Balaban J connectivity index is 2.52. The molecule has 2 N–H and O–H groups in total. The summed E-state index contributed by atoms with van der Waals surface area (Å²) < 4.78 is 1.75. The number of hydrogen-bond donors (Lipinski definition) is 1. The average Bonchev–Trinajstić information content (AvgIpc) is 2.58. The molecule has 2 aromatic rings. The van der Waals surface area contributed by atoms with Crippen molar-refractivity contribution in [2.24, 2.45) is 5.73 Å². The van der Waals surface area contributed by atoms with Crippen LogP contribution in [-0.2, 0) is 0 Å². The molecule has 0 aliphatic carbocycles. The monoisotopic (exact) mass is 216 g/mol. The molecule has 0 atom stereocenters. The number of hydrogen-bond acceptors (Lipinski definition) is 3. The van der Waals surface area contributed by atoms with Gasteiger partial charge in [0, 0.05) is 11.9 Å². The molecule has 82 valence electrons. The lowest BCUT2D eigenvalue weighted by Crippen LogP contribution is -2.13. The van der Waals surface area contributed by atoms with Crippen LogP contribution in [0.2, 0.25) is 0 Å². The molecular weight excluding hydrogens is 204 g/mol. The summed E-state index contributed by atoms with van der Waals surface area (Å²) in [4.78, 5) is 14.9. The molecule has 5 nitrogen and oxygen atoms in total. The van der Waals surface area contributed by atoms with Gasteiger partial charge >= 0.3 is 0 Å². The molecule has 0 bridgehead atoms. The van der Waals surface area contributed by atoms with Crippen molar-refractivity contribution in [3.8, 4) is 5.69 Å². The number of rotatable bonds is 2. The van der Waals surface area contributed by atoms with Gasteiger partial charge in [0.15, 0.2) is 0 Å². The van der Waals surface area contributed by atoms with E-state index in [1.54, 1.807) is 23.0 Å². The van der Waals surface area contributed by atoms with Gasteiger partial charge in [-0.05, 0) is 32.0 Å². The normalized spacial score (nSPS) is 10.4. The van der Waals surface area contributed by atoms with E-state index in [0.717, 1.165) is 17.1 Å². The molecule has 0 aliphatic heterocycles. The zero-order valence-corrected chi connectivity index (χ0v) is 9.14. The predicted octanol–water partition coefficient (Wildman–Crippen LogP) is 0.983. The number of primary amides is 1. The topological polar surface area (TPSA) is 73.8 Å². The number of amides is 1. The average molecular weight is 216 g/mol. The lowest BCUT2D eigenvalue weighted by molar-refractivity contribution is 0.0995. The van der Waals surface area contributed by atoms with E-state index < -0.39 is 5.91 Å². The molecule has 0 fully saturated rings. The summed E-state index contributed by atoms with van der Waals surface area (Å²) in [6, 6.07) is 5.37. The third kappa shape index (κ3) is 1.79. The quantitative estimate of drug-likeness (QED) is 0.813. The van der Waals surface area contributed by atoms with Gasteiger partial charge in [0.25, 0.3) is 5.91 Å². The summed E-state index contributed by atoms with van der Waals surface area (Å²) in [7, 11) is 0. The number of nitrogens with zero attached hydrogens (tertiary/aromatic N) is 3. The van der Waals surface area contributed by atoms with Crippen LogP contribution in [0.1, 0.15) is 21.9 Å². The van der Waals surface area contributed by atoms with Gasteiger partial charge in [-0.25, -0.2) is 4.68 Å². The Morgan fingerprint density at radius 2 is 2.12 bits per heavy atom. The summed E-state index contributed by atoms with van der Waals surface area (Å²) in [6.45, 7) is 3.87. The van der Waals surface area contributed by atoms with Crippen molar-refractivity contribution in [3.63, 3.8) is 0 Å². The van der Waals surface area contributed by atoms with Crippen LogP contribution in [0.4, 0.5) is 0 Å². The lowest BCUT2D eigenvalue weighted by Gasteiger charge is -2.04. The van der Waals surface area contributed by atoms with Crippen molar-refractivity contribution in [3.05, 3.63) is 41.5 Å². The maximum absolute atomic E-state index is 11.0. The maximum Gasteiger partial charge on any atom is 0.267 e. The molecular formula is C11H12N4O. The summed E-state index contributed by atoms with van der Waals surface area (Å²) in [5.41, 5.74) is 8.13. The van der Waals surface area contributed by atoms with Crippen LogP contribution in [-0.4, -0.2) is 20.7 Å². The minimum Gasteiger partial charge on any atom is -0.364 e. The second-order valence-electron chi connectivity index (χ2n) is 3.60. The van der Waals surface area contributed by atoms with Gasteiger partial charge in [-0.2, -0.15) is 5.10 Å². The Kier molecular flexibility index (Phi) is 2.44. The SMILES string of the molecule is Cc1cc(C)n(-c2ccnc(C(N)=O)c2)n1. The van der Waals surface area contributed by atoms with Crippen molar-refractivity contribution in [2.45, 2.75) is 13.8 Å². The number of aryl methyl sites for hydroxylation is 2. The molecule has 0 radical (unpaired) electrons. The molecule has 0 saturated heterocycles. The number of carbonyl (C=O) groups is 1. The van der Waals surface area contributed by atoms with Crippen LogP contribution in [0.3, 0.4) is 0 Å². The van der Waals surface area contributed by atoms with Crippen LogP contribution in [0, 0.1) is 13.8 Å². The molecule has 2 aromatic heterocycles. The Labute approximate surface area is 92.9 Å². The standard InChI is InChI=1S/C11H12N4O/c1-7-5-8(2)15(14-7)9-3-4-13-10(6-9)11(12)16/h3-6H,1-2H3,(H2,12,16). The molecule has 1 amide bonds. The Bertz CT molecular complexity index is 545. The molecule has 2 heterocycles. The zero-order chi connectivity index (χ0) is 11.7. The van der Waals surface area contributed by atoms with E-state index in [2.05, 4.69) is 10.1 Å². The summed E-state index contributed by atoms with van der Waals surface area (Å²) in [5, 5.41) is 4.32. The van der Waals surface area contributed by atoms with E-state index in [9.17, 15) is 4.79 Å². The van der Waals surface area contributed by atoms with Gasteiger partial charge in [0.1, 0.15) is 5.69 Å². The molecule has 0 saturated carbocycles. The highest BCUT2D eigenvalue weighted by Gasteiger charge is 2.07. The largest absolute Gasteiger partial charge is 0.364 e. The van der Waals surface area contributed by atoms with Gasteiger partial charge in [-0.3, -0.25) is 9.78 Å². The van der Waals surface area contributed by atoms with Gasteiger partial charge in [0.2, 0.25) is 0 Å². The minimum absolute atomic E-state index is 0.241. The molecule has 0 aliphatic rings. The maximum atomic E-state index is 11.0. The van der Waals surface area contributed by atoms with Crippen LogP contribution >= 0.6 is 0 Å². The van der Waals surface area contributed by atoms with Crippen molar-refractivity contribution < 1.29 is 4.79 Å². The second kappa shape index (κ2) is 3.77. The van der Waals surface area contributed by atoms with Gasteiger partial charge in [-0.1, -0.05) is 0 Å². The highest BCUT2D eigenvalue weighted by atomic mass is 16.1. The first-order valence-electron chi connectivity index (χ1n) is 4.87. The Morgan fingerprint density at radius 1 is 1.38 bits per heavy atom. The van der Waals surface area contributed by atoms with E-state index in [1.165, 1.54) is 0 Å². The zero-order valence-electron chi connectivity index (χ0n) is 9.14. The van der Waals surface area contributed by atoms with Crippen molar-refractivity contribution >= 4 is 5.91 Å². The van der Waals surface area contributed by atoms with Gasteiger partial charge in [0.05, 0.1) is 11.4 Å². The Hall–Kier alpha value is -2.17. The first-order chi connectivity index (χ1) is 7.58. The molecule has 2 rings (SSSR count). The van der Waals surface area contributed by atoms with E-state index in [0.29, 0.717) is 0 Å². The van der Waals surface area contributed by atoms with Crippen LogP contribution in [0.25, 0.3) is 5.69 Å². The van der Waals surface area contributed by atoms with Gasteiger partial charge < -0.3 is 5.73 Å². The second-order valence-corrected chi connectivity index (χ2v) is 3.60. The van der Waals surface area contributed by atoms with Crippen molar-refractivity contribution in [2.75, 3.05) is 0 Å². The fraction of sp³-hybridized carbons (Fsp3) is 0.182. The summed E-state index contributed by atoms with van der Waals surface area (Å²) in [6.07, 6.45) is 1.55. The predicted molar refractivity (Wildman–Crippen MR) is 59.4 cm³/mol. The number of pyridine rings is 1. The molecule has 0 aromatic carbocycles. The van der Waals surface area contributed by atoms with Gasteiger partial charge in [-0.15, -0.1) is 0 Å². The molecule has 0 spiro atoms. The highest BCUT2D eigenvalue weighted by molar-refractivity contribution is 5.91. The fourth-order valence-corrected chi connectivity index (χ4v) is 1.58. The highest BCUT2D eigenvalue weighted by Crippen LogP contribution is 2.11. The lowest BCUT2D eigenvalue weighted by atomic mass is 10.3. The minimum atomic E-state index is -0.539. The Morgan fingerprint density at radius 3 is 2.69 bits per heavy atom.